The Morgan fingerprint density at radius 1 is 1.41 bits per heavy atom. The zero-order valence-electron chi connectivity index (χ0n) is 13.0. The maximum atomic E-state index is 12.7. The second-order valence-electron chi connectivity index (χ2n) is 6.00. The van der Waals surface area contributed by atoms with E-state index in [1.165, 1.54) is 7.11 Å². The van der Waals surface area contributed by atoms with Crippen molar-refractivity contribution in [3.05, 3.63) is 33.8 Å². The Kier molecular flexibility index (Phi) is 3.27. The molecule has 1 aliphatic heterocycles. The van der Waals surface area contributed by atoms with Gasteiger partial charge in [-0.1, -0.05) is 0 Å². The van der Waals surface area contributed by atoms with E-state index in [0.29, 0.717) is 47.5 Å². The molecule has 1 aromatic rings. The predicted octanol–water partition coefficient (Wildman–Crippen LogP) is 1.25. The summed E-state index contributed by atoms with van der Waals surface area (Å²) in [6, 6.07) is 0. The number of nitrogens with one attached hydrogen (secondary N) is 1. The molecule has 6 heteroatoms. The summed E-state index contributed by atoms with van der Waals surface area (Å²) in [5.41, 5.74) is 1.37. The number of carbonyl (C=O) groups excluding carboxylic acids is 1. The highest BCUT2D eigenvalue weighted by atomic mass is 16.5. The Morgan fingerprint density at radius 3 is 2.68 bits per heavy atom. The number of ether oxygens (including phenoxy) is 1. The van der Waals surface area contributed by atoms with Crippen LogP contribution in [0, 0.1) is 12.3 Å². The molecule has 6 nitrogen and oxygen atoms in total. The van der Waals surface area contributed by atoms with E-state index >= 15 is 0 Å². The first-order valence-electron chi connectivity index (χ1n) is 7.33. The molecule has 0 saturated heterocycles. The van der Waals surface area contributed by atoms with E-state index in [9.17, 15) is 15.0 Å². The van der Waals surface area contributed by atoms with Crippen molar-refractivity contribution in [2.75, 3.05) is 13.7 Å². The van der Waals surface area contributed by atoms with E-state index in [2.05, 4.69) is 0 Å². The Labute approximate surface area is 128 Å². The van der Waals surface area contributed by atoms with Crippen LogP contribution >= 0.6 is 0 Å². The Bertz CT molecular complexity index is 729. The molecule has 2 heterocycles. The summed E-state index contributed by atoms with van der Waals surface area (Å²) in [5, 5.41) is 28.7. The van der Waals surface area contributed by atoms with Crippen LogP contribution in [-0.4, -0.2) is 40.0 Å². The summed E-state index contributed by atoms with van der Waals surface area (Å²) in [6.45, 7) is 3.63. The predicted molar refractivity (Wildman–Crippen MR) is 80.3 cm³/mol. The van der Waals surface area contributed by atoms with Gasteiger partial charge in [0.25, 0.3) is 0 Å². The van der Waals surface area contributed by atoms with Crippen molar-refractivity contribution in [2.45, 2.75) is 38.8 Å². The molecule has 22 heavy (non-hydrogen) atoms. The summed E-state index contributed by atoms with van der Waals surface area (Å²) in [5.74, 6) is 0.0930. The van der Waals surface area contributed by atoms with Gasteiger partial charge < -0.3 is 19.5 Å². The second kappa shape index (κ2) is 4.79. The van der Waals surface area contributed by atoms with Crippen LogP contribution in [0.25, 0.3) is 0 Å². The van der Waals surface area contributed by atoms with Gasteiger partial charge in [0.05, 0.1) is 25.1 Å². The summed E-state index contributed by atoms with van der Waals surface area (Å²) < 4.78 is 7.00. The molecule has 0 amide bonds. The maximum absolute atomic E-state index is 12.7. The number of aliphatic hydroxyl groups excluding tert-OH is 1. The number of rotatable bonds is 2. The molecule has 1 atom stereocenters. The summed E-state index contributed by atoms with van der Waals surface area (Å²) in [4.78, 5) is 12.7. The first kappa shape index (κ1) is 15.0. The fourth-order valence-electron chi connectivity index (χ4n) is 3.75. The molecule has 0 bridgehead atoms. The molecule has 3 rings (SSSR count). The molecule has 0 saturated carbocycles. The van der Waals surface area contributed by atoms with Gasteiger partial charge in [-0.05, 0) is 32.3 Å². The third kappa shape index (κ3) is 1.68. The minimum atomic E-state index is -1.36. The van der Waals surface area contributed by atoms with E-state index < -0.39 is 12.2 Å². The molecule has 2 aliphatic rings. The van der Waals surface area contributed by atoms with Gasteiger partial charge in [-0.15, -0.1) is 0 Å². The van der Waals surface area contributed by atoms with Crippen molar-refractivity contribution in [3.63, 3.8) is 0 Å². The molecule has 3 N–H and O–H groups in total. The molecule has 1 aliphatic carbocycles. The minimum Gasteiger partial charge on any atom is -0.494 e. The van der Waals surface area contributed by atoms with Crippen LogP contribution in [0.5, 0.6) is 0 Å². The van der Waals surface area contributed by atoms with Crippen LogP contribution in [0.1, 0.15) is 47.1 Å². The lowest BCUT2D eigenvalue weighted by atomic mass is 9.87. The fraction of sp³-hybridized carbons (Fsp3) is 0.500. The van der Waals surface area contributed by atoms with Gasteiger partial charge >= 0.3 is 0 Å². The smallest absolute Gasteiger partial charge is 0.209 e. The van der Waals surface area contributed by atoms with E-state index in [-0.39, 0.29) is 17.3 Å². The van der Waals surface area contributed by atoms with Crippen LogP contribution in [0.2, 0.25) is 0 Å². The second-order valence-corrected chi connectivity index (χ2v) is 6.00. The standard InChI is InChI=1S/C16H20N2O4/c1-8-10-11(17)14(22-3)9(2)13(20)12(10)18-6-4-5-16(21,7-19)15(8)18/h17,19,21H,4-7H2,1-3H3. The number of carbonyl (C=O) groups is 1. The monoisotopic (exact) mass is 304 g/mol. The number of aromatic nitrogens is 1. The van der Waals surface area contributed by atoms with Crippen molar-refractivity contribution in [1.82, 2.24) is 4.57 Å². The van der Waals surface area contributed by atoms with Crippen molar-refractivity contribution in [3.8, 4) is 0 Å². The van der Waals surface area contributed by atoms with E-state index in [4.69, 9.17) is 10.1 Å². The lowest BCUT2D eigenvalue weighted by Crippen LogP contribution is -2.38. The molecule has 118 valence electrons. The molecular weight excluding hydrogens is 284 g/mol. The zero-order valence-corrected chi connectivity index (χ0v) is 13.0. The van der Waals surface area contributed by atoms with Gasteiger partial charge in [-0.2, -0.15) is 0 Å². The Balaban J connectivity index is 2.33. The highest BCUT2D eigenvalue weighted by Crippen LogP contribution is 2.41. The third-order valence-corrected chi connectivity index (χ3v) is 4.76. The molecule has 0 fully saturated rings. The molecule has 0 aromatic carbocycles. The summed E-state index contributed by atoms with van der Waals surface area (Å²) in [7, 11) is 1.45. The highest BCUT2D eigenvalue weighted by molar-refractivity contribution is 6.27. The average Bonchev–Trinajstić information content (AvgIpc) is 2.80. The highest BCUT2D eigenvalue weighted by Gasteiger charge is 2.43. The average molecular weight is 304 g/mol. The first-order chi connectivity index (χ1) is 10.4. The van der Waals surface area contributed by atoms with Crippen molar-refractivity contribution < 1.29 is 19.7 Å². The molecule has 0 spiro atoms. The van der Waals surface area contributed by atoms with E-state index in [1.807, 2.05) is 0 Å². The van der Waals surface area contributed by atoms with Gasteiger partial charge in [0.2, 0.25) is 5.78 Å². The van der Waals surface area contributed by atoms with Gasteiger partial charge in [0.15, 0.2) is 5.76 Å². The number of fused-ring (bicyclic) bond motifs is 3. The summed E-state index contributed by atoms with van der Waals surface area (Å²) in [6.07, 6.45) is 1.11. The minimum absolute atomic E-state index is 0.161. The number of Topliss-reactive ketones (excluding diaryl/α,β-unsaturated/α-hetero) is 1. The van der Waals surface area contributed by atoms with Crippen LogP contribution in [0.3, 0.4) is 0 Å². The van der Waals surface area contributed by atoms with Gasteiger partial charge in [0, 0.05) is 17.7 Å². The lowest BCUT2D eigenvalue weighted by Gasteiger charge is -2.33. The third-order valence-electron chi connectivity index (χ3n) is 4.76. The number of allylic oxidation sites excluding steroid dienone is 2. The van der Waals surface area contributed by atoms with Crippen LogP contribution in [0.15, 0.2) is 11.3 Å². The number of hydrogen-bond donors (Lipinski definition) is 3. The first-order valence-corrected chi connectivity index (χ1v) is 7.33. The van der Waals surface area contributed by atoms with E-state index in [1.54, 1.807) is 18.4 Å². The number of hydrogen-bond acceptors (Lipinski definition) is 5. The maximum Gasteiger partial charge on any atom is 0.209 e. The van der Waals surface area contributed by atoms with Crippen molar-refractivity contribution in [1.29, 1.82) is 5.41 Å². The Morgan fingerprint density at radius 2 is 2.09 bits per heavy atom. The zero-order chi connectivity index (χ0) is 16.2. The lowest BCUT2D eigenvalue weighted by molar-refractivity contribution is -0.0435. The van der Waals surface area contributed by atoms with Crippen LogP contribution in [-0.2, 0) is 16.9 Å². The normalized spacial score (nSPS) is 24.4. The fourth-order valence-corrected chi connectivity index (χ4v) is 3.75. The Hall–Kier alpha value is -1.92. The number of nitrogens with zero attached hydrogens (tertiary/aromatic N) is 1. The van der Waals surface area contributed by atoms with Gasteiger partial charge in [0.1, 0.15) is 11.3 Å². The van der Waals surface area contributed by atoms with Gasteiger partial charge in [-0.25, -0.2) is 0 Å². The summed E-state index contributed by atoms with van der Waals surface area (Å²) >= 11 is 0. The molecular formula is C16H20N2O4. The van der Waals surface area contributed by atoms with E-state index in [0.717, 1.165) is 0 Å². The van der Waals surface area contributed by atoms with Crippen LogP contribution in [0.4, 0.5) is 0 Å². The van der Waals surface area contributed by atoms with Crippen molar-refractivity contribution >= 4 is 11.5 Å². The molecule has 1 unspecified atom stereocenters. The largest absolute Gasteiger partial charge is 0.494 e. The molecule has 0 radical (unpaired) electrons. The van der Waals surface area contributed by atoms with Gasteiger partial charge in [-0.3, -0.25) is 10.2 Å². The van der Waals surface area contributed by atoms with Crippen LogP contribution < -0.4 is 0 Å². The number of methoxy groups -OCH3 is 1. The SMILES string of the molecule is COC1=C(C)C(=O)c2c(c(C)c3n2CCCC3(O)CO)C1=N. The number of ketones is 1. The molecule has 1 aromatic heterocycles. The topological polar surface area (TPSA) is 95.5 Å². The van der Waals surface area contributed by atoms with Crippen molar-refractivity contribution in [2.24, 2.45) is 0 Å². The number of aliphatic hydroxyl groups is 2. The quantitative estimate of drug-likeness (QED) is 0.766.